The second kappa shape index (κ2) is 12.0. The van der Waals surface area contributed by atoms with Gasteiger partial charge in [-0.25, -0.2) is 9.97 Å². The minimum absolute atomic E-state index is 0.0635. The van der Waals surface area contributed by atoms with Gasteiger partial charge in [-0.3, -0.25) is 14.3 Å². The van der Waals surface area contributed by atoms with Gasteiger partial charge in [0.1, 0.15) is 17.2 Å². The van der Waals surface area contributed by atoms with Crippen molar-refractivity contribution in [1.82, 2.24) is 24.3 Å². The van der Waals surface area contributed by atoms with E-state index in [9.17, 15) is 9.59 Å². The number of nitrogens with two attached hydrogens (primary N) is 1. The van der Waals surface area contributed by atoms with Gasteiger partial charge < -0.3 is 20.4 Å². The third kappa shape index (κ3) is 6.24. The maximum absolute atomic E-state index is 13.6. The van der Waals surface area contributed by atoms with Gasteiger partial charge in [0.25, 0.3) is 5.91 Å². The van der Waals surface area contributed by atoms with Gasteiger partial charge in [0, 0.05) is 85.6 Å². The molecule has 3 N–H and O–H groups in total. The second-order valence-electron chi connectivity index (χ2n) is 11.0. The Kier molecular flexibility index (Phi) is 7.84. The Balaban J connectivity index is 1.27. The van der Waals surface area contributed by atoms with Crippen LogP contribution in [0.15, 0.2) is 84.4 Å². The van der Waals surface area contributed by atoms with Crippen molar-refractivity contribution in [3.8, 4) is 33.4 Å². The molecule has 10 heteroatoms. The molecule has 0 atom stereocenters. The molecule has 43 heavy (non-hydrogen) atoms. The zero-order valence-electron chi connectivity index (χ0n) is 24.2. The Morgan fingerprint density at radius 2 is 1.67 bits per heavy atom. The van der Waals surface area contributed by atoms with Crippen LogP contribution in [0.4, 0.5) is 11.6 Å². The average Bonchev–Trinajstić information content (AvgIpc) is 3.46. The van der Waals surface area contributed by atoms with E-state index in [0.717, 1.165) is 53.9 Å². The summed E-state index contributed by atoms with van der Waals surface area (Å²) >= 11 is 0. The van der Waals surface area contributed by atoms with Gasteiger partial charge in [-0.2, -0.15) is 5.10 Å². The Bertz CT molecular complexity index is 1820. The molecular weight excluding hydrogens is 542 g/mol. The Morgan fingerprint density at radius 1 is 0.930 bits per heavy atom. The Hall–Kier alpha value is -5.09. The highest BCUT2D eigenvalue weighted by atomic mass is 16.5. The lowest BCUT2D eigenvalue weighted by molar-refractivity contribution is 0.0612. The fourth-order valence-electron chi connectivity index (χ4n) is 5.31. The van der Waals surface area contributed by atoms with E-state index in [1.165, 1.54) is 0 Å². The number of nitrogen functional groups attached to an aromatic ring is 1. The third-order valence-electron chi connectivity index (χ3n) is 7.77. The molecule has 1 fully saturated rings. The number of aryl methyl sites for hydroxylation is 2. The summed E-state index contributed by atoms with van der Waals surface area (Å²) in [7, 11) is 1.85. The van der Waals surface area contributed by atoms with Crippen molar-refractivity contribution < 1.29 is 9.53 Å². The number of pyridine rings is 3. The molecule has 6 rings (SSSR count). The number of hydrogen-bond acceptors (Lipinski definition) is 7. The van der Waals surface area contributed by atoms with Gasteiger partial charge in [-0.05, 0) is 49.4 Å². The number of hydrogen-bond donors (Lipinski definition) is 2. The summed E-state index contributed by atoms with van der Waals surface area (Å²) in [5.74, 6) is 0.578. The zero-order chi connectivity index (χ0) is 29.9. The number of aromatic nitrogens is 5. The van der Waals surface area contributed by atoms with Crippen molar-refractivity contribution in [2.75, 3.05) is 24.3 Å². The first kappa shape index (κ1) is 28.0. The summed E-state index contributed by atoms with van der Waals surface area (Å²) in [5, 5.41) is 7.03. The number of nitrogens with one attached hydrogen (secondary N) is 1. The SMILES string of the molecule is Cc1ccc(-c2cn(CC3CCOCC3)cc(C(=O)Nc3ccc(-c4cc(-c5cnn(C)c5)cnc4N)cn3)c2=O)cc1. The van der Waals surface area contributed by atoms with Gasteiger partial charge in [-0.1, -0.05) is 29.8 Å². The molecule has 1 aliphatic heterocycles. The molecule has 1 saturated heterocycles. The lowest BCUT2D eigenvalue weighted by Crippen LogP contribution is -2.27. The number of amides is 1. The minimum Gasteiger partial charge on any atom is -0.383 e. The molecule has 5 aromatic rings. The van der Waals surface area contributed by atoms with E-state index in [4.69, 9.17) is 10.5 Å². The van der Waals surface area contributed by atoms with Crippen LogP contribution >= 0.6 is 0 Å². The van der Waals surface area contributed by atoms with Gasteiger partial charge in [0.2, 0.25) is 5.43 Å². The van der Waals surface area contributed by atoms with E-state index in [0.29, 0.717) is 35.2 Å². The topological polar surface area (TPSA) is 130 Å². The molecule has 0 aliphatic carbocycles. The summed E-state index contributed by atoms with van der Waals surface area (Å²) in [4.78, 5) is 35.9. The Morgan fingerprint density at radius 3 is 2.37 bits per heavy atom. The number of benzene rings is 1. The third-order valence-corrected chi connectivity index (χ3v) is 7.77. The van der Waals surface area contributed by atoms with Crippen molar-refractivity contribution >= 4 is 17.5 Å². The van der Waals surface area contributed by atoms with Crippen molar-refractivity contribution in [3.05, 3.63) is 101 Å². The van der Waals surface area contributed by atoms with Gasteiger partial charge >= 0.3 is 0 Å². The molecule has 0 unspecified atom stereocenters. The van der Waals surface area contributed by atoms with Crippen molar-refractivity contribution in [2.24, 2.45) is 13.0 Å². The predicted octanol–water partition coefficient (Wildman–Crippen LogP) is 4.94. The minimum atomic E-state index is -0.514. The molecule has 5 heterocycles. The predicted molar refractivity (Wildman–Crippen MR) is 166 cm³/mol. The summed E-state index contributed by atoms with van der Waals surface area (Å²) in [6, 6.07) is 13.2. The maximum atomic E-state index is 13.6. The first-order chi connectivity index (χ1) is 20.8. The van der Waals surface area contributed by atoms with Crippen LogP contribution in [0.2, 0.25) is 0 Å². The molecular formula is C33H33N7O3. The summed E-state index contributed by atoms with van der Waals surface area (Å²) < 4.78 is 9.20. The van der Waals surface area contributed by atoms with Crippen LogP contribution in [0.1, 0.15) is 28.8 Å². The van der Waals surface area contributed by atoms with Crippen LogP contribution in [0.5, 0.6) is 0 Å². The summed E-state index contributed by atoms with van der Waals surface area (Å²) in [6.45, 7) is 4.14. The number of carbonyl (C=O) groups excluding carboxylic acids is 1. The largest absolute Gasteiger partial charge is 0.383 e. The molecule has 0 radical (unpaired) electrons. The second-order valence-corrected chi connectivity index (χ2v) is 11.0. The Labute approximate surface area is 249 Å². The first-order valence-corrected chi connectivity index (χ1v) is 14.3. The van der Waals surface area contributed by atoms with E-state index >= 15 is 0 Å². The molecule has 4 aromatic heterocycles. The van der Waals surface area contributed by atoms with Crippen LogP contribution in [-0.4, -0.2) is 43.4 Å². The van der Waals surface area contributed by atoms with Crippen molar-refractivity contribution in [2.45, 2.75) is 26.3 Å². The highest BCUT2D eigenvalue weighted by Crippen LogP contribution is 2.29. The molecule has 0 saturated carbocycles. The number of rotatable bonds is 7. The molecule has 0 spiro atoms. The molecule has 1 aliphatic rings. The van der Waals surface area contributed by atoms with Crippen LogP contribution < -0.4 is 16.5 Å². The summed E-state index contributed by atoms with van der Waals surface area (Å²) in [6.07, 6.45) is 12.4. The molecule has 0 bridgehead atoms. The van der Waals surface area contributed by atoms with Crippen LogP contribution in [-0.2, 0) is 18.3 Å². The lowest BCUT2D eigenvalue weighted by Gasteiger charge is -2.23. The number of anilines is 2. The van der Waals surface area contributed by atoms with Crippen LogP contribution in [0.3, 0.4) is 0 Å². The highest BCUT2D eigenvalue weighted by Gasteiger charge is 2.20. The molecule has 218 valence electrons. The fraction of sp³-hybridized carbons (Fsp3) is 0.242. The number of ether oxygens (including phenoxy) is 1. The molecule has 10 nitrogen and oxygen atoms in total. The maximum Gasteiger partial charge on any atom is 0.262 e. The van der Waals surface area contributed by atoms with Crippen LogP contribution in [0, 0.1) is 12.8 Å². The van der Waals surface area contributed by atoms with E-state index in [2.05, 4.69) is 20.4 Å². The number of carbonyl (C=O) groups is 1. The first-order valence-electron chi connectivity index (χ1n) is 14.3. The van der Waals surface area contributed by atoms with E-state index in [1.807, 2.05) is 67.3 Å². The molecule has 1 aromatic carbocycles. The fourth-order valence-corrected chi connectivity index (χ4v) is 5.31. The van der Waals surface area contributed by atoms with Gasteiger partial charge in [0.15, 0.2) is 0 Å². The highest BCUT2D eigenvalue weighted by molar-refractivity contribution is 6.04. The van der Waals surface area contributed by atoms with E-state index < -0.39 is 5.91 Å². The standard InChI is InChI=1S/C33H33N7O3/c1-21-3-5-23(6-4-21)28-19-40(17-22-9-11-43-12-10-22)20-29(31(28)41)33(42)38-30-8-7-24(14-35-30)27-13-25(15-36-32(27)34)26-16-37-39(2)18-26/h3-8,13-16,18-20,22H,9-12,17H2,1-2H3,(H2,34,36)(H,35,38,42). The quantitative estimate of drug-likeness (QED) is 0.281. The molecule has 1 amide bonds. The summed E-state index contributed by atoms with van der Waals surface area (Å²) in [5.41, 5.74) is 11.5. The van der Waals surface area contributed by atoms with Gasteiger partial charge in [-0.15, -0.1) is 0 Å². The van der Waals surface area contributed by atoms with E-state index in [1.54, 1.807) is 35.5 Å². The normalized spacial score (nSPS) is 13.6. The zero-order valence-corrected chi connectivity index (χ0v) is 24.2. The smallest absolute Gasteiger partial charge is 0.262 e. The average molecular weight is 576 g/mol. The van der Waals surface area contributed by atoms with Crippen molar-refractivity contribution in [1.29, 1.82) is 0 Å². The monoisotopic (exact) mass is 575 g/mol. The van der Waals surface area contributed by atoms with E-state index in [-0.39, 0.29) is 11.0 Å². The number of nitrogens with zero attached hydrogens (tertiary/aromatic N) is 5. The van der Waals surface area contributed by atoms with Gasteiger partial charge in [0.05, 0.1) is 6.20 Å². The van der Waals surface area contributed by atoms with Crippen LogP contribution in [0.25, 0.3) is 33.4 Å². The lowest BCUT2D eigenvalue weighted by atomic mass is 9.99. The van der Waals surface area contributed by atoms with Crippen molar-refractivity contribution in [3.63, 3.8) is 0 Å².